The van der Waals surface area contributed by atoms with Crippen molar-refractivity contribution in [3.63, 3.8) is 0 Å². The van der Waals surface area contributed by atoms with E-state index >= 15 is 0 Å². The molecule has 1 aliphatic heterocycles. The molecule has 2 rings (SSSR count). The first-order valence-corrected chi connectivity index (χ1v) is 3.85. The van der Waals surface area contributed by atoms with E-state index in [9.17, 15) is 0 Å². The standard InChI is InChI=1S/C7H4BrN2O/c8-5-1-2-7-6(3-5)9-4-10-11-7/h1-4H. The fourth-order valence-corrected chi connectivity index (χ4v) is 1.18. The molecule has 0 amide bonds. The molecule has 0 saturated heterocycles. The topological polar surface area (TPSA) is 35.7 Å². The molecule has 0 spiro atoms. The fourth-order valence-electron chi connectivity index (χ4n) is 0.835. The van der Waals surface area contributed by atoms with Gasteiger partial charge in [-0.2, -0.15) is 0 Å². The third-order valence-electron chi connectivity index (χ3n) is 1.32. The summed E-state index contributed by atoms with van der Waals surface area (Å²) in [4.78, 5) is 8.94. The molecular weight excluding hydrogens is 208 g/mol. The Morgan fingerprint density at radius 2 is 2.27 bits per heavy atom. The van der Waals surface area contributed by atoms with Gasteiger partial charge in [-0.3, -0.25) is 0 Å². The molecule has 0 N–H and O–H groups in total. The van der Waals surface area contributed by atoms with Gasteiger partial charge in [0.1, 0.15) is 5.69 Å². The molecule has 1 radical (unpaired) electrons. The van der Waals surface area contributed by atoms with E-state index in [1.165, 1.54) is 6.34 Å². The Kier molecular flexibility index (Phi) is 1.54. The molecule has 0 atom stereocenters. The van der Waals surface area contributed by atoms with Crippen molar-refractivity contribution in [2.75, 3.05) is 0 Å². The third kappa shape index (κ3) is 1.21. The Bertz CT molecular complexity index is 311. The number of hydroxylamine groups is 1. The van der Waals surface area contributed by atoms with Gasteiger partial charge in [-0.25, -0.2) is 4.99 Å². The molecule has 55 valence electrons. The van der Waals surface area contributed by atoms with Crippen LogP contribution < -0.4 is 10.3 Å². The largest absolute Gasteiger partial charge is 0.353 e. The van der Waals surface area contributed by atoms with Crippen LogP contribution in [0, 0.1) is 0 Å². The molecule has 1 aromatic carbocycles. The molecule has 0 aliphatic carbocycles. The summed E-state index contributed by atoms with van der Waals surface area (Å²) in [6, 6.07) is 5.58. The monoisotopic (exact) mass is 211 g/mol. The molecule has 11 heavy (non-hydrogen) atoms. The van der Waals surface area contributed by atoms with Gasteiger partial charge in [0.25, 0.3) is 0 Å². The second-order valence-corrected chi connectivity index (χ2v) is 2.97. The first-order valence-electron chi connectivity index (χ1n) is 3.05. The summed E-state index contributed by atoms with van der Waals surface area (Å²) in [5.41, 5.74) is 4.34. The molecule has 4 heteroatoms. The van der Waals surface area contributed by atoms with E-state index in [2.05, 4.69) is 26.4 Å². The zero-order valence-corrected chi connectivity index (χ0v) is 7.08. The molecule has 1 aliphatic rings. The van der Waals surface area contributed by atoms with E-state index in [4.69, 9.17) is 4.84 Å². The molecule has 0 aromatic heterocycles. The minimum atomic E-state index is 0.690. The van der Waals surface area contributed by atoms with Crippen LogP contribution in [0.4, 0.5) is 5.69 Å². The van der Waals surface area contributed by atoms with Crippen LogP contribution in [0.2, 0.25) is 0 Å². The van der Waals surface area contributed by atoms with Gasteiger partial charge in [-0.15, -0.1) is 0 Å². The van der Waals surface area contributed by atoms with E-state index in [1.54, 1.807) is 0 Å². The van der Waals surface area contributed by atoms with Crippen molar-refractivity contribution in [3.05, 3.63) is 22.7 Å². The van der Waals surface area contributed by atoms with Gasteiger partial charge in [-0.1, -0.05) is 21.4 Å². The average Bonchev–Trinajstić information content (AvgIpc) is 2.04. The van der Waals surface area contributed by atoms with Gasteiger partial charge in [0.05, 0.1) is 0 Å². The zero-order chi connectivity index (χ0) is 7.68. The first kappa shape index (κ1) is 6.67. The maximum absolute atomic E-state index is 4.93. The smallest absolute Gasteiger partial charge is 0.183 e. The summed E-state index contributed by atoms with van der Waals surface area (Å²) in [5, 5.41) is 0. The number of nitrogens with zero attached hydrogens (tertiary/aromatic N) is 2. The summed E-state index contributed by atoms with van der Waals surface area (Å²) >= 11 is 3.33. The van der Waals surface area contributed by atoms with E-state index in [1.807, 2.05) is 18.2 Å². The summed E-state index contributed by atoms with van der Waals surface area (Å²) in [6.45, 7) is 0. The van der Waals surface area contributed by atoms with Crippen LogP contribution >= 0.6 is 15.9 Å². The molecule has 1 aromatic rings. The number of rotatable bonds is 0. The molecule has 0 saturated carbocycles. The second-order valence-electron chi connectivity index (χ2n) is 2.05. The Morgan fingerprint density at radius 1 is 1.36 bits per heavy atom. The Hall–Kier alpha value is -1.03. The van der Waals surface area contributed by atoms with E-state index < -0.39 is 0 Å². The van der Waals surface area contributed by atoms with Gasteiger partial charge in [0, 0.05) is 4.47 Å². The SMILES string of the molecule is Brc1ccc2c(c1)N=C[N]O2. The summed E-state index contributed by atoms with van der Waals surface area (Å²) < 4.78 is 0.985. The van der Waals surface area contributed by atoms with Gasteiger partial charge < -0.3 is 4.84 Å². The maximum atomic E-state index is 4.93. The van der Waals surface area contributed by atoms with Crippen LogP contribution in [-0.4, -0.2) is 6.34 Å². The lowest BCUT2D eigenvalue weighted by Crippen LogP contribution is -2.10. The lowest BCUT2D eigenvalue weighted by Gasteiger charge is -2.08. The van der Waals surface area contributed by atoms with Crippen LogP contribution in [0.15, 0.2) is 27.7 Å². The van der Waals surface area contributed by atoms with E-state index in [0.29, 0.717) is 5.75 Å². The number of aliphatic imine (C=N–C) groups is 1. The minimum absolute atomic E-state index is 0.690. The molecule has 0 unspecified atom stereocenters. The van der Waals surface area contributed by atoms with Gasteiger partial charge in [0.15, 0.2) is 12.1 Å². The highest BCUT2D eigenvalue weighted by molar-refractivity contribution is 9.10. The van der Waals surface area contributed by atoms with Crippen molar-refractivity contribution >= 4 is 28.0 Å². The Labute approximate surface area is 72.2 Å². The lowest BCUT2D eigenvalue weighted by molar-refractivity contribution is 0.254. The number of fused-ring (bicyclic) bond motifs is 1. The molecular formula is C7H4BrN2O. The van der Waals surface area contributed by atoms with Crippen LogP contribution in [0.5, 0.6) is 5.75 Å². The molecule has 0 fully saturated rings. The van der Waals surface area contributed by atoms with Gasteiger partial charge >= 0.3 is 0 Å². The van der Waals surface area contributed by atoms with Crippen molar-refractivity contribution in [3.8, 4) is 5.75 Å². The molecule has 3 nitrogen and oxygen atoms in total. The van der Waals surface area contributed by atoms with Crippen molar-refractivity contribution in [2.24, 2.45) is 4.99 Å². The summed E-state index contributed by atoms with van der Waals surface area (Å²) in [6.07, 6.45) is 1.38. The number of benzene rings is 1. The number of hydrogen-bond donors (Lipinski definition) is 0. The molecule has 1 heterocycles. The highest BCUT2D eigenvalue weighted by Gasteiger charge is 2.06. The van der Waals surface area contributed by atoms with Crippen molar-refractivity contribution < 1.29 is 4.84 Å². The van der Waals surface area contributed by atoms with Crippen LogP contribution in [0.3, 0.4) is 0 Å². The highest BCUT2D eigenvalue weighted by Crippen LogP contribution is 2.31. The zero-order valence-electron chi connectivity index (χ0n) is 5.49. The highest BCUT2D eigenvalue weighted by atomic mass is 79.9. The molecule has 0 bridgehead atoms. The third-order valence-corrected chi connectivity index (χ3v) is 1.81. The maximum Gasteiger partial charge on any atom is 0.183 e. The van der Waals surface area contributed by atoms with E-state index in [-0.39, 0.29) is 0 Å². The van der Waals surface area contributed by atoms with Crippen molar-refractivity contribution in [1.29, 1.82) is 0 Å². The Morgan fingerprint density at radius 3 is 3.18 bits per heavy atom. The van der Waals surface area contributed by atoms with Gasteiger partial charge in [0.2, 0.25) is 0 Å². The first-order chi connectivity index (χ1) is 5.36. The quantitative estimate of drug-likeness (QED) is 0.647. The number of halogens is 1. The van der Waals surface area contributed by atoms with Crippen LogP contribution in [0.25, 0.3) is 0 Å². The van der Waals surface area contributed by atoms with E-state index in [0.717, 1.165) is 10.2 Å². The summed E-state index contributed by atoms with van der Waals surface area (Å²) in [7, 11) is 0. The van der Waals surface area contributed by atoms with Crippen molar-refractivity contribution in [1.82, 2.24) is 5.48 Å². The predicted molar refractivity (Wildman–Crippen MR) is 45.1 cm³/mol. The fraction of sp³-hybridized carbons (Fsp3) is 0. The van der Waals surface area contributed by atoms with Crippen LogP contribution in [0.1, 0.15) is 0 Å². The second kappa shape index (κ2) is 2.54. The van der Waals surface area contributed by atoms with Crippen LogP contribution in [-0.2, 0) is 0 Å². The predicted octanol–water partition coefficient (Wildman–Crippen LogP) is 2.02. The Balaban J connectivity index is 2.54. The lowest BCUT2D eigenvalue weighted by atomic mass is 10.3. The van der Waals surface area contributed by atoms with Crippen molar-refractivity contribution in [2.45, 2.75) is 0 Å². The average molecular weight is 212 g/mol. The normalized spacial score (nSPS) is 13.2. The number of hydrogen-bond acceptors (Lipinski definition) is 2. The minimum Gasteiger partial charge on any atom is -0.353 e. The van der Waals surface area contributed by atoms with Gasteiger partial charge in [-0.05, 0) is 18.2 Å². The summed E-state index contributed by atoms with van der Waals surface area (Å²) in [5.74, 6) is 0.690.